The maximum Gasteiger partial charge on any atom is 0.161 e. The first kappa shape index (κ1) is 14.8. The Morgan fingerprint density at radius 1 is 1.30 bits per heavy atom. The molecule has 1 heterocycles. The molecular weight excluding hydrogens is 272 g/mol. The zero-order valence-corrected chi connectivity index (χ0v) is 12.7. The molecule has 0 fully saturated rings. The number of nitrogens with zero attached hydrogens (tertiary/aromatic N) is 1. The van der Waals surface area contributed by atoms with Crippen LogP contribution in [0, 0.1) is 0 Å². The second kappa shape index (κ2) is 7.87. The maximum absolute atomic E-state index is 5.57. The number of hydrogen-bond acceptors (Lipinski definition) is 5. The van der Waals surface area contributed by atoms with Gasteiger partial charge < -0.3 is 14.8 Å². The van der Waals surface area contributed by atoms with Crippen LogP contribution >= 0.6 is 11.3 Å². The monoisotopic (exact) mass is 292 g/mol. The molecule has 20 heavy (non-hydrogen) atoms. The first-order valence-corrected chi connectivity index (χ1v) is 7.60. The van der Waals surface area contributed by atoms with Crippen LogP contribution in [-0.4, -0.2) is 25.2 Å². The lowest BCUT2D eigenvalue weighted by Crippen LogP contribution is -2.16. The van der Waals surface area contributed by atoms with Crippen molar-refractivity contribution in [3.05, 3.63) is 40.3 Å². The van der Waals surface area contributed by atoms with Crippen molar-refractivity contribution >= 4 is 11.3 Å². The summed E-state index contributed by atoms with van der Waals surface area (Å²) in [5, 5.41) is 6.59. The van der Waals surface area contributed by atoms with E-state index < -0.39 is 0 Å². The molecule has 0 unspecified atom stereocenters. The molecule has 0 saturated carbocycles. The molecule has 5 heteroatoms. The Kier molecular flexibility index (Phi) is 5.83. The van der Waals surface area contributed by atoms with Crippen LogP contribution in [0.5, 0.6) is 11.5 Å². The molecule has 0 saturated heterocycles. The van der Waals surface area contributed by atoms with E-state index >= 15 is 0 Å². The number of thiazole rings is 1. The van der Waals surface area contributed by atoms with Gasteiger partial charge in [0.2, 0.25) is 0 Å². The van der Waals surface area contributed by atoms with E-state index in [-0.39, 0.29) is 0 Å². The van der Waals surface area contributed by atoms with Crippen molar-refractivity contribution in [1.82, 2.24) is 10.3 Å². The molecule has 4 nitrogen and oxygen atoms in total. The average molecular weight is 292 g/mol. The summed E-state index contributed by atoms with van der Waals surface area (Å²) in [5.74, 6) is 1.58. The Morgan fingerprint density at radius 3 is 2.90 bits per heavy atom. The molecule has 0 bridgehead atoms. The highest BCUT2D eigenvalue weighted by Gasteiger charge is 2.05. The molecule has 0 aliphatic rings. The van der Waals surface area contributed by atoms with Crippen LogP contribution in [0.15, 0.2) is 29.8 Å². The largest absolute Gasteiger partial charge is 0.493 e. The summed E-state index contributed by atoms with van der Waals surface area (Å²) in [7, 11) is 1.66. The zero-order chi connectivity index (χ0) is 14.2. The highest BCUT2D eigenvalue weighted by Crippen LogP contribution is 2.27. The summed E-state index contributed by atoms with van der Waals surface area (Å²) in [6, 6.07) is 6.03. The van der Waals surface area contributed by atoms with E-state index in [9.17, 15) is 0 Å². The predicted molar refractivity (Wildman–Crippen MR) is 81.7 cm³/mol. The minimum absolute atomic E-state index is 0.636. The molecule has 0 radical (unpaired) electrons. The van der Waals surface area contributed by atoms with E-state index in [2.05, 4.69) is 16.4 Å². The third kappa shape index (κ3) is 4.21. The maximum atomic E-state index is 5.57. The van der Waals surface area contributed by atoms with E-state index in [0.29, 0.717) is 6.61 Å². The summed E-state index contributed by atoms with van der Waals surface area (Å²) >= 11 is 1.70. The van der Waals surface area contributed by atoms with Gasteiger partial charge in [-0.1, -0.05) is 6.07 Å². The number of methoxy groups -OCH3 is 1. The Bertz CT molecular complexity index is 515. The van der Waals surface area contributed by atoms with E-state index in [4.69, 9.17) is 9.47 Å². The van der Waals surface area contributed by atoms with Crippen LogP contribution in [0.3, 0.4) is 0 Å². The van der Waals surface area contributed by atoms with Crippen molar-refractivity contribution in [2.45, 2.75) is 19.9 Å². The van der Waals surface area contributed by atoms with Crippen molar-refractivity contribution in [2.75, 3.05) is 20.3 Å². The fourth-order valence-corrected chi connectivity index (χ4v) is 2.52. The van der Waals surface area contributed by atoms with Crippen molar-refractivity contribution in [2.24, 2.45) is 0 Å². The third-order valence-corrected chi connectivity index (χ3v) is 3.70. The van der Waals surface area contributed by atoms with Gasteiger partial charge in [-0.05, 0) is 24.6 Å². The summed E-state index contributed by atoms with van der Waals surface area (Å²) in [4.78, 5) is 4.26. The van der Waals surface area contributed by atoms with E-state index in [0.717, 1.165) is 31.0 Å². The molecule has 0 atom stereocenters. The molecule has 1 aromatic heterocycles. The number of rotatable bonds is 8. The smallest absolute Gasteiger partial charge is 0.161 e. The van der Waals surface area contributed by atoms with Crippen molar-refractivity contribution in [3.63, 3.8) is 0 Å². The van der Waals surface area contributed by atoms with Gasteiger partial charge in [0.15, 0.2) is 11.5 Å². The van der Waals surface area contributed by atoms with Gasteiger partial charge in [-0.15, -0.1) is 11.3 Å². The first-order chi connectivity index (χ1) is 9.83. The number of aromatic nitrogens is 1. The number of hydrogen-bond donors (Lipinski definition) is 1. The van der Waals surface area contributed by atoms with Crippen LogP contribution in [0.2, 0.25) is 0 Å². The van der Waals surface area contributed by atoms with Gasteiger partial charge in [-0.25, -0.2) is 4.98 Å². The Morgan fingerprint density at radius 2 is 2.20 bits per heavy atom. The molecular formula is C15H20N2O2S. The highest BCUT2D eigenvalue weighted by molar-refractivity contribution is 7.09. The Balaban J connectivity index is 1.84. The molecule has 0 amide bonds. The minimum Gasteiger partial charge on any atom is -0.493 e. The first-order valence-electron chi connectivity index (χ1n) is 6.72. The lowest BCUT2D eigenvalue weighted by molar-refractivity contribution is 0.310. The van der Waals surface area contributed by atoms with Crippen LogP contribution in [0.1, 0.15) is 17.5 Å². The summed E-state index contributed by atoms with van der Waals surface area (Å²) in [6.07, 6.45) is 2.81. The molecule has 0 aliphatic carbocycles. The molecule has 2 rings (SSSR count). The lowest BCUT2D eigenvalue weighted by atomic mass is 10.2. The number of ether oxygens (including phenoxy) is 2. The van der Waals surface area contributed by atoms with Crippen molar-refractivity contribution in [1.29, 1.82) is 0 Å². The molecule has 0 spiro atoms. The lowest BCUT2D eigenvalue weighted by Gasteiger charge is -2.11. The predicted octanol–water partition coefficient (Wildman–Crippen LogP) is 2.88. The molecule has 0 aliphatic heterocycles. The van der Waals surface area contributed by atoms with Crippen LogP contribution in [0.4, 0.5) is 0 Å². The van der Waals surface area contributed by atoms with Crippen LogP contribution in [-0.2, 0) is 13.0 Å². The highest BCUT2D eigenvalue weighted by atomic mass is 32.1. The summed E-state index contributed by atoms with van der Waals surface area (Å²) < 4.78 is 10.8. The average Bonchev–Trinajstić information content (AvgIpc) is 2.97. The fourth-order valence-electron chi connectivity index (χ4n) is 1.90. The fraction of sp³-hybridized carbons (Fsp3) is 0.400. The van der Waals surface area contributed by atoms with Gasteiger partial charge in [0, 0.05) is 31.1 Å². The second-order valence-corrected chi connectivity index (χ2v) is 5.25. The molecule has 1 aromatic carbocycles. The summed E-state index contributed by atoms with van der Waals surface area (Å²) in [6.45, 7) is 4.34. The minimum atomic E-state index is 0.636. The summed E-state index contributed by atoms with van der Waals surface area (Å²) in [5.41, 5.74) is 1.19. The Labute approximate surface area is 123 Å². The van der Waals surface area contributed by atoms with Gasteiger partial charge in [0.05, 0.1) is 18.7 Å². The topological polar surface area (TPSA) is 43.4 Å². The van der Waals surface area contributed by atoms with Crippen molar-refractivity contribution < 1.29 is 9.47 Å². The number of nitrogens with one attached hydrogen (secondary N) is 1. The van der Waals surface area contributed by atoms with Gasteiger partial charge in [-0.2, -0.15) is 0 Å². The van der Waals surface area contributed by atoms with Gasteiger partial charge in [0.1, 0.15) is 0 Å². The van der Waals surface area contributed by atoms with E-state index in [1.165, 1.54) is 10.6 Å². The molecule has 1 N–H and O–H groups in total. The van der Waals surface area contributed by atoms with E-state index in [1.54, 1.807) is 18.4 Å². The van der Waals surface area contributed by atoms with Gasteiger partial charge in [0.25, 0.3) is 0 Å². The van der Waals surface area contributed by atoms with Crippen LogP contribution in [0.25, 0.3) is 0 Å². The Hall–Kier alpha value is -1.59. The van der Waals surface area contributed by atoms with Crippen molar-refractivity contribution in [3.8, 4) is 11.5 Å². The third-order valence-electron chi connectivity index (χ3n) is 2.86. The second-order valence-electron chi connectivity index (χ2n) is 4.27. The standard InChI is InChI=1S/C15H20N2O2S/c1-3-19-14-10-12(4-5-13(14)18-2)11-16-7-6-15-17-8-9-20-15/h4-5,8-10,16H,3,6-7,11H2,1-2H3. The zero-order valence-electron chi connectivity index (χ0n) is 11.9. The normalized spacial score (nSPS) is 10.5. The SMILES string of the molecule is CCOc1cc(CNCCc2nccs2)ccc1OC. The quantitative estimate of drug-likeness (QED) is 0.760. The van der Waals surface area contributed by atoms with Gasteiger partial charge in [-0.3, -0.25) is 0 Å². The van der Waals surface area contributed by atoms with Gasteiger partial charge >= 0.3 is 0 Å². The van der Waals surface area contributed by atoms with Crippen LogP contribution < -0.4 is 14.8 Å². The molecule has 2 aromatic rings. The number of benzene rings is 1. The molecule has 108 valence electrons. The van der Waals surface area contributed by atoms with E-state index in [1.807, 2.05) is 30.6 Å².